The molecule has 1 aromatic carbocycles. The second-order valence-corrected chi connectivity index (χ2v) is 6.96. The van der Waals surface area contributed by atoms with Gasteiger partial charge in [0, 0.05) is 0 Å². The summed E-state index contributed by atoms with van der Waals surface area (Å²) in [6.45, 7) is 8.28. The summed E-state index contributed by atoms with van der Waals surface area (Å²) in [5.41, 5.74) is 0.663. The van der Waals surface area contributed by atoms with Gasteiger partial charge in [-0.05, 0) is 44.9 Å². The Balaban J connectivity index is 1.94. The minimum Gasteiger partial charge on any atom is -0.406 e. The quantitative estimate of drug-likeness (QED) is 0.781. The predicted octanol–water partition coefficient (Wildman–Crippen LogP) is 2.54. The smallest absolute Gasteiger partial charge is 0.406 e. The molecule has 2 amide bonds. The van der Waals surface area contributed by atoms with Gasteiger partial charge in [-0.3, -0.25) is 4.79 Å². The monoisotopic (exact) mass is 335 g/mol. The molecule has 1 aromatic rings. The SMILES string of the molecule is Cc1ccc(CC(=O)N2CC=[N+](C(=O)OC(C)(C)C)CC2)cc1F. The van der Waals surface area contributed by atoms with Crippen LogP contribution in [0.1, 0.15) is 31.9 Å². The highest BCUT2D eigenvalue weighted by Gasteiger charge is 2.30. The Bertz CT molecular complexity index is 677. The van der Waals surface area contributed by atoms with Gasteiger partial charge in [-0.25, -0.2) is 4.39 Å². The van der Waals surface area contributed by atoms with E-state index in [1.54, 1.807) is 30.2 Å². The van der Waals surface area contributed by atoms with Crippen LogP contribution in [0.2, 0.25) is 0 Å². The zero-order valence-electron chi connectivity index (χ0n) is 14.6. The maximum atomic E-state index is 13.6. The van der Waals surface area contributed by atoms with Crippen LogP contribution in [0, 0.1) is 12.7 Å². The molecular formula is C18H24FN2O3+. The standard InChI is InChI=1S/C18H24FN2O3/c1-13-5-6-14(11-15(13)19)12-16(22)20-7-9-21(10-8-20)17(23)24-18(2,3)4/h5-6,9,11H,7-8,10,12H2,1-4H3/q+1. The van der Waals surface area contributed by atoms with Gasteiger partial charge in [0.2, 0.25) is 5.91 Å². The summed E-state index contributed by atoms with van der Waals surface area (Å²) in [6.07, 6.45) is 1.40. The van der Waals surface area contributed by atoms with E-state index in [4.69, 9.17) is 4.74 Å². The number of halogens is 1. The van der Waals surface area contributed by atoms with Crippen molar-refractivity contribution in [1.82, 2.24) is 4.90 Å². The second kappa shape index (κ2) is 7.11. The lowest BCUT2D eigenvalue weighted by atomic mass is 10.1. The fraction of sp³-hybridized carbons (Fsp3) is 0.500. The molecule has 130 valence electrons. The zero-order chi connectivity index (χ0) is 17.9. The number of carbonyl (C=O) groups is 2. The van der Waals surface area contributed by atoms with Gasteiger partial charge in [-0.2, -0.15) is 4.79 Å². The Morgan fingerprint density at radius 1 is 1.33 bits per heavy atom. The number of rotatable bonds is 2. The molecule has 0 aromatic heterocycles. The average molecular weight is 335 g/mol. The number of hydrogen-bond acceptors (Lipinski definition) is 3. The average Bonchev–Trinajstić information content (AvgIpc) is 2.49. The third-order valence-corrected chi connectivity index (χ3v) is 3.71. The molecule has 0 spiro atoms. The molecule has 0 saturated heterocycles. The van der Waals surface area contributed by atoms with Gasteiger partial charge in [0.1, 0.15) is 11.4 Å². The van der Waals surface area contributed by atoms with Gasteiger partial charge in [-0.1, -0.05) is 12.1 Å². The third kappa shape index (κ3) is 4.88. The van der Waals surface area contributed by atoms with Crippen LogP contribution in [0.15, 0.2) is 18.2 Å². The minimum atomic E-state index is -0.548. The van der Waals surface area contributed by atoms with Crippen LogP contribution >= 0.6 is 0 Å². The van der Waals surface area contributed by atoms with E-state index in [-0.39, 0.29) is 18.1 Å². The van der Waals surface area contributed by atoms with E-state index < -0.39 is 11.7 Å². The normalized spacial score (nSPS) is 15.0. The van der Waals surface area contributed by atoms with Crippen LogP contribution in [-0.2, 0) is 16.0 Å². The number of hydrogen-bond donors (Lipinski definition) is 0. The number of carbonyl (C=O) groups excluding carboxylic acids is 2. The summed E-state index contributed by atoms with van der Waals surface area (Å²) >= 11 is 0. The summed E-state index contributed by atoms with van der Waals surface area (Å²) in [5.74, 6) is -0.389. The Kier molecular flexibility index (Phi) is 5.36. The van der Waals surface area contributed by atoms with Gasteiger partial charge < -0.3 is 9.64 Å². The maximum absolute atomic E-state index is 13.6. The van der Waals surface area contributed by atoms with E-state index in [0.717, 1.165) is 0 Å². The lowest BCUT2D eigenvalue weighted by molar-refractivity contribution is -0.452. The van der Waals surface area contributed by atoms with Crippen molar-refractivity contribution in [3.05, 3.63) is 35.1 Å². The van der Waals surface area contributed by atoms with Crippen LogP contribution in [0.5, 0.6) is 0 Å². The molecule has 2 rings (SSSR count). The fourth-order valence-electron chi connectivity index (χ4n) is 2.35. The summed E-state index contributed by atoms with van der Waals surface area (Å²) in [7, 11) is 0. The molecule has 1 aliphatic heterocycles. The molecule has 5 nitrogen and oxygen atoms in total. The first kappa shape index (κ1) is 18.1. The van der Waals surface area contributed by atoms with Gasteiger partial charge in [0.25, 0.3) is 0 Å². The van der Waals surface area contributed by atoms with Crippen molar-refractivity contribution in [1.29, 1.82) is 0 Å². The van der Waals surface area contributed by atoms with E-state index in [2.05, 4.69) is 0 Å². The summed E-state index contributed by atoms with van der Waals surface area (Å²) in [4.78, 5) is 25.9. The highest BCUT2D eigenvalue weighted by Crippen LogP contribution is 2.12. The number of nitrogens with zero attached hydrogens (tertiary/aromatic N) is 2. The molecule has 0 saturated carbocycles. The first-order chi connectivity index (χ1) is 11.2. The lowest BCUT2D eigenvalue weighted by Gasteiger charge is -2.23. The molecular weight excluding hydrogens is 311 g/mol. The van der Waals surface area contributed by atoms with Gasteiger partial charge >= 0.3 is 6.09 Å². The number of amides is 2. The molecule has 0 fully saturated rings. The van der Waals surface area contributed by atoms with E-state index >= 15 is 0 Å². The first-order valence-corrected chi connectivity index (χ1v) is 8.01. The summed E-state index contributed by atoms with van der Waals surface area (Å²) in [6, 6.07) is 4.83. The molecule has 0 aliphatic carbocycles. The maximum Gasteiger partial charge on any atom is 0.596 e. The van der Waals surface area contributed by atoms with E-state index in [0.29, 0.717) is 30.8 Å². The van der Waals surface area contributed by atoms with Crippen LogP contribution in [0.4, 0.5) is 9.18 Å². The van der Waals surface area contributed by atoms with Crippen molar-refractivity contribution in [2.24, 2.45) is 0 Å². The molecule has 0 radical (unpaired) electrons. The van der Waals surface area contributed by atoms with Crippen LogP contribution < -0.4 is 0 Å². The molecule has 0 bridgehead atoms. The number of aryl methyl sites for hydroxylation is 1. The van der Waals surface area contributed by atoms with Crippen LogP contribution in [-0.4, -0.2) is 52.9 Å². The van der Waals surface area contributed by atoms with E-state index in [1.807, 2.05) is 20.8 Å². The topological polar surface area (TPSA) is 49.6 Å². The van der Waals surface area contributed by atoms with Crippen molar-refractivity contribution >= 4 is 18.2 Å². The molecule has 1 heterocycles. The third-order valence-electron chi connectivity index (χ3n) is 3.71. The van der Waals surface area contributed by atoms with Crippen molar-refractivity contribution in [3.8, 4) is 0 Å². The summed E-state index contributed by atoms with van der Waals surface area (Å²) < 4.78 is 20.3. The Morgan fingerprint density at radius 3 is 2.58 bits per heavy atom. The zero-order valence-corrected chi connectivity index (χ0v) is 14.6. The van der Waals surface area contributed by atoms with Crippen molar-refractivity contribution in [3.63, 3.8) is 0 Å². The first-order valence-electron chi connectivity index (χ1n) is 8.01. The second-order valence-electron chi connectivity index (χ2n) is 6.96. The molecule has 0 atom stereocenters. The van der Waals surface area contributed by atoms with Crippen molar-refractivity contribution in [2.45, 2.75) is 39.7 Å². The Labute approximate surface area is 141 Å². The molecule has 6 heteroatoms. The summed E-state index contributed by atoms with van der Waals surface area (Å²) in [5, 5.41) is 0. The van der Waals surface area contributed by atoms with Crippen LogP contribution in [0.3, 0.4) is 0 Å². The molecule has 24 heavy (non-hydrogen) atoms. The highest BCUT2D eigenvalue weighted by atomic mass is 19.1. The van der Waals surface area contributed by atoms with E-state index in [1.165, 1.54) is 10.6 Å². The van der Waals surface area contributed by atoms with Gasteiger partial charge in [0.15, 0.2) is 12.8 Å². The largest absolute Gasteiger partial charge is 0.596 e. The van der Waals surface area contributed by atoms with Crippen molar-refractivity contribution in [2.75, 3.05) is 19.6 Å². The highest BCUT2D eigenvalue weighted by molar-refractivity contribution is 5.82. The van der Waals surface area contributed by atoms with Gasteiger partial charge in [-0.15, -0.1) is 4.58 Å². The number of ether oxygens (including phenoxy) is 1. The van der Waals surface area contributed by atoms with Gasteiger partial charge in [0.05, 0.1) is 19.5 Å². The van der Waals surface area contributed by atoms with E-state index in [9.17, 15) is 14.0 Å². The van der Waals surface area contributed by atoms with Crippen molar-refractivity contribution < 1.29 is 23.3 Å². The molecule has 0 unspecified atom stereocenters. The minimum absolute atomic E-state index is 0.0849. The lowest BCUT2D eigenvalue weighted by Crippen LogP contribution is -2.46. The molecule has 0 N–H and O–H groups in total. The fourth-order valence-corrected chi connectivity index (χ4v) is 2.35. The number of benzene rings is 1. The Hall–Kier alpha value is -2.24. The predicted molar refractivity (Wildman–Crippen MR) is 88.8 cm³/mol. The van der Waals surface area contributed by atoms with Crippen LogP contribution in [0.25, 0.3) is 0 Å². The Morgan fingerprint density at radius 2 is 2.04 bits per heavy atom. The molecule has 1 aliphatic rings.